The summed E-state index contributed by atoms with van der Waals surface area (Å²) in [4.78, 5) is 14.7. The van der Waals surface area contributed by atoms with E-state index in [2.05, 4.69) is 0 Å². The van der Waals surface area contributed by atoms with Crippen LogP contribution in [0.1, 0.15) is 32.8 Å². The Kier molecular flexibility index (Phi) is 13.1. The third-order valence-corrected chi connectivity index (χ3v) is 10.6. The number of aliphatic hydroxyl groups is 9. The van der Waals surface area contributed by atoms with Crippen molar-refractivity contribution in [1.82, 2.24) is 0 Å². The summed E-state index contributed by atoms with van der Waals surface area (Å²) in [5.74, 6) is -1.53. The molecule has 14 atom stereocenters. The van der Waals surface area contributed by atoms with Crippen LogP contribution in [0.5, 0.6) is 23.0 Å². The molecule has 3 heterocycles. The van der Waals surface area contributed by atoms with E-state index in [1.807, 2.05) is 13.8 Å². The molecule has 18 nitrogen and oxygen atoms in total. The molecule has 1 aromatic heterocycles. The van der Waals surface area contributed by atoms with Gasteiger partial charge in [0.1, 0.15) is 89.3 Å². The second kappa shape index (κ2) is 17.5. The minimum atomic E-state index is -1.80. The number of allylic oxidation sites excluding steroid dienone is 2. The monoisotopic (exact) mass is 806 g/mol. The third kappa shape index (κ3) is 8.49. The topological polar surface area (TPSA) is 288 Å². The van der Waals surface area contributed by atoms with Crippen LogP contribution in [-0.2, 0) is 20.6 Å². The number of phenolic OH excluding ortho intramolecular Hbond substituents is 1. The largest absolute Gasteiger partial charge is 0.507 e. The van der Waals surface area contributed by atoms with Gasteiger partial charge in [-0.1, -0.05) is 18.6 Å². The van der Waals surface area contributed by atoms with Gasteiger partial charge in [0.25, 0.3) is 0 Å². The maximum absolute atomic E-state index is 14.7. The van der Waals surface area contributed by atoms with Gasteiger partial charge in [-0.2, -0.15) is 0 Å². The van der Waals surface area contributed by atoms with Crippen LogP contribution in [0.15, 0.2) is 51.2 Å². The highest BCUT2D eigenvalue weighted by molar-refractivity contribution is 5.91. The van der Waals surface area contributed by atoms with Crippen molar-refractivity contribution in [2.75, 3.05) is 20.3 Å². The minimum Gasteiger partial charge on any atom is -0.507 e. The van der Waals surface area contributed by atoms with Crippen LogP contribution in [0.25, 0.3) is 22.3 Å². The number of hydrogen-bond donors (Lipinski definition) is 10. The number of ether oxygens (including phenoxy) is 6. The van der Waals surface area contributed by atoms with Crippen LogP contribution in [0.4, 0.5) is 0 Å². The minimum absolute atomic E-state index is 0.0138. The molecule has 0 radical (unpaired) electrons. The van der Waals surface area contributed by atoms with E-state index in [0.717, 1.165) is 11.6 Å². The van der Waals surface area contributed by atoms with E-state index >= 15 is 0 Å². The molecule has 3 fully saturated rings. The lowest BCUT2D eigenvalue weighted by Crippen LogP contribution is -2.61. The Morgan fingerprint density at radius 3 is 2.21 bits per heavy atom. The lowest BCUT2D eigenvalue weighted by molar-refractivity contribution is -0.307. The highest BCUT2D eigenvalue weighted by Crippen LogP contribution is 2.42. The van der Waals surface area contributed by atoms with Crippen LogP contribution in [0.3, 0.4) is 0 Å². The first-order valence-corrected chi connectivity index (χ1v) is 18.5. The van der Waals surface area contributed by atoms with Gasteiger partial charge >= 0.3 is 0 Å². The fraction of sp³-hybridized carbons (Fsp3) is 0.564. The third-order valence-electron chi connectivity index (χ3n) is 10.6. The summed E-state index contributed by atoms with van der Waals surface area (Å²) < 4.78 is 41.1. The van der Waals surface area contributed by atoms with Gasteiger partial charge in [0, 0.05) is 17.2 Å². The Balaban J connectivity index is 1.50. The molecule has 1 aliphatic carbocycles. The van der Waals surface area contributed by atoms with Gasteiger partial charge in [-0.3, -0.25) is 4.79 Å². The van der Waals surface area contributed by atoms with Crippen molar-refractivity contribution in [1.29, 1.82) is 0 Å². The van der Waals surface area contributed by atoms with Crippen molar-refractivity contribution in [2.45, 2.75) is 113 Å². The standard InChI is InChI=1S/C39H50O18/c1-15(2)5-10-19-22(54-39-33(50)30(47)28(45)24(13-40)55-39)12-20(41)25-29(46)37(34(56-35(19)25)17-6-8-18(51-4)9-7-17)53-23-11-16(3)26(43)31(48)36(23)57-38-32(49)27(44)21(42)14-52-38/h5-9,12,16,21,23-24,26-28,30-33,36,38-45,47-50H,10-11,13-14H2,1-4H3. The Hall–Kier alpha value is -3.89. The van der Waals surface area contributed by atoms with Gasteiger partial charge in [-0.05, 0) is 56.9 Å². The zero-order valence-electron chi connectivity index (χ0n) is 31.6. The normalized spacial score (nSPS) is 34.5. The lowest BCUT2D eigenvalue weighted by atomic mass is 9.81. The van der Waals surface area contributed by atoms with Crippen LogP contribution in [0, 0.1) is 5.92 Å². The van der Waals surface area contributed by atoms with E-state index in [4.69, 9.17) is 32.8 Å². The second-order valence-corrected chi connectivity index (χ2v) is 14.9. The van der Waals surface area contributed by atoms with Crippen LogP contribution in [-0.4, -0.2) is 151 Å². The average molecular weight is 807 g/mol. The Bertz CT molecular complexity index is 1940. The summed E-state index contributed by atoms with van der Waals surface area (Å²) >= 11 is 0. The first-order valence-electron chi connectivity index (χ1n) is 18.5. The predicted octanol–water partition coefficient (Wildman–Crippen LogP) is -0.805. The number of rotatable bonds is 11. The number of methoxy groups -OCH3 is 1. The van der Waals surface area contributed by atoms with Crippen molar-refractivity contribution in [3.05, 3.63) is 57.8 Å². The zero-order valence-corrected chi connectivity index (χ0v) is 31.6. The molecule has 1 saturated carbocycles. The van der Waals surface area contributed by atoms with Crippen molar-refractivity contribution < 1.29 is 83.9 Å². The zero-order chi connectivity index (χ0) is 41.5. The van der Waals surface area contributed by atoms with E-state index < -0.39 is 116 Å². The summed E-state index contributed by atoms with van der Waals surface area (Å²) in [5.41, 5.74) is 0.288. The smallest absolute Gasteiger partial charge is 0.239 e. The van der Waals surface area contributed by atoms with E-state index in [1.54, 1.807) is 37.3 Å². The van der Waals surface area contributed by atoms with E-state index in [0.29, 0.717) is 11.3 Å². The average Bonchev–Trinajstić information content (AvgIpc) is 3.19. The van der Waals surface area contributed by atoms with Gasteiger partial charge in [-0.15, -0.1) is 0 Å². The Morgan fingerprint density at radius 2 is 1.56 bits per heavy atom. The number of benzene rings is 2. The molecule has 0 spiro atoms. The van der Waals surface area contributed by atoms with E-state index in [9.17, 15) is 55.9 Å². The summed E-state index contributed by atoms with van der Waals surface area (Å²) in [7, 11) is 1.46. The quantitative estimate of drug-likeness (QED) is 0.106. The number of hydrogen-bond acceptors (Lipinski definition) is 18. The number of aromatic hydroxyl groups is 1. The molecule has 2 aromatic carbocycles. The van der Waals surface area contributed by atoms with Gasteiger partial charge < -0.3 is 83.9 Å². The summed E-state index contributed by atoms with van der Waals surface area (Å²) in [6.07, 6.45) is -18.5. The Morgan fingerprint density at radius 1 is 0.877 bits per heavy atom. The number of phenols is 1. The van der Waals surface area contributed by atoms with Crippen molar-refractivity contribution in [2.24, 2.45) is 5.92 Å². The molecule has 0 amide bonds. The molecule has 57 heavy (non-hydrogen) atoms. The SMILES string of the molecule is COc1ccc(-c2oc3c(CC=C(C)C)c(OC4OC(CO)C(O)C(O)C4O)cc(O)c3c(=O)c2OC2CC(C)C(O)C(O)C2OC2OCC(O)C(O)C2O)cc1. The number of fused-ring (bicyclic) bond motifs is 1. The predicted molar refractivity (Wildman–Crippen MR) is 197 cm³/mol. The van der Waals surface area contributed by atoms with Crippen LogP contribution >= 0.6 is 0 Å². The summed E-state index contributed by atoms with van der Waals surface area (Å²) in [6, 6.07) is 7.44. The molecule has 314 valence electrons. The van der Waals surface area contributed by atoms with E-state index in [1.165, 1.54) is 7.11 Å². The van der Waals surface area contributed by atoms with Crippen molar-refractivity contribution in [3.63, 3.8) is 0 Å². The molecular formula is C39H50O18. The highest BCUT2D eigenvalue weighted by atomic mass is 16.7. The molecule has 2 aliphatic heterocycles. The molecule has 3 aromatic rings. The van der Waals surface area contributed by atoms with Gasteiger partial charge in [-0.25, -0.2) is 0 Å². The lowest BCUT2D eigenvalue weighted by Gasteiger charge is -2.44. The molecule has 18 heteroatoms. The van der Waals surface area contributed by atoms with Gasteiger partial charge in [0.05, 0.1) is 26.4 Å². The number of aliphatic hydroxyl groups excluding tert-OH is 9. The van der Waals surface area contributed by atoms with Gasteiger partial charge in [0.2, 0.25) is 17.5 Å². The summed E-state index contributed by atoms with van der Waals surface area (Å²) in [6.45, 7) is 4.14. The maximum atomic E-state index is 14.7. The van der Waals surface area contributed by atoms with Crippen LogP contribution in [0.2, 0.25) is 0 Å². The second-order valence-electron chi connectivity index (χ2n) is 14.9. The maximum Gasteiger partial charge on any atom is 0.239 e. The first kappa shape index (κ1) is 42.7. The fourth-order valence-electron chi connectivity index (χ4n) is 7.17. The summed E-state index contributed by atoms with van der Waals surface area (Å²) in [5, 5.41) is 105. The van der Waals surface area contributed by atoms with Gasteiger partial charge in [0.15, 0.2) is 12.1 Å². The molecule has 0 bridgehead atoms. The highest BCUT2D eigenvalue weighted by Gasteiger charge is 2.49. The Labute approximate surface area is 326 Å². The molecule has 6 rings (SSSR count). The first-order chi connectivity index (χ1) is 27.1. The van der Waals surface area contributed by atoms with Crippen molar-refractivity contribution in [3.8, 4) is 34.3 Å². The van der Waals surface area contributed by atoms with Crippen molar-refractivity contribution >= 4 is 11.0 Å². The molecule has 2 saturated heterocycles. The fourth-order valence-corrected chi connectivity index (χ4v) is 7.17. The van der Waals surface area contributed by atoms with Crippen LogP contribution < -0.4 is 19.6 Å². The molecule has 10 N–H and O–H groups in total. The molecular weight excluding hydrogens is 756 g/mol. The van der Waals surface area contributed by atoms with E-state index in [-0.39, 0.29) is 40.9 Å². The molecule has 14 unspecified atom stereocenters. The molecule has 3 aliphatic rings.